The van der Waals surface area contributed by atoms with Crippen LogP contribution in [0, 0.1) is 6.92 Å². The van der Waals surface area contributed by atoms with Crippen LogP contribution in [-0.2, 0) is 11.4 Å². The molecule has 1 aliphatic carbocycles. The summed E-state index contributed by atoms with van der Waals surface area (Å²) < 4.78 is 11.3. The molecule has 0 radical (unpaired) electrons. The fraction of sp³-hybridized carbons (Fsp3) is 0.550. The van der Waals surface area contributed by atoms with Gasteiger partial charge in [-0.2, -0.15) is 0 Å². The van der Waals surface area contributed by atoms with Gasteiger partial charge in [0.1, 0.15) is 5.75 Å². The van der Waals surface area contributed by atoms with Crippen LogP contribution in [0.1, 0.15) is 56.9 Å². The Kier molecular flexibility index (Phi) is 7.15. The number of nitrogens with one attached hydrogen (secondary N) is 1. The largest absolute Gasteiger partial charge is 0.484 e. The number of hydrogen-bond acceptors (Lipinski definition) is 6. The van der Waals surface area contributed by atoms with Gasteiger partial charge in [0.15, 0.2) is 6.61 Å². The lowest BCUT2D eigenvalue weighted by Gasteiger charge is -2.18. The topological polar surface area (TPSA) is 77.2 Å². The number of nitrogens with zero attached hydrogens (tertiary/aromatic N) is 2. The first-order valence-electron chi connectivity index (χ1n) is 9.59. The van der Waals surface area contributed by atoms with Gasteiger partial charge < -0.3 is 14.5 Å². The van der Waals surface area contributed by atoms with Gasteiger partial charge >= 0.3 is 0 Å². The van der Waals surface area contributed by atoms with Gasteiger partial charge in [0, 0.05) is 6.04 Å². The van der Waals surface area contributed by atoms with Crippen LogP contribution in [0.5, 0.6) is 5.75 Å². The van der Waals surface area contributed by atoms with E-state index in [9.17, 15) is 4.79 Å². The number of hydrogen-bond donors (Lipinski definition) is 1. The van der Waals surface area contributed by atoms with Gasteiger partial charge in [-0.3, -0.25) is 4.79 Å². The minimum atomic E-state index is -0.278. The molecule has 2 aromatic rings. The van der Waals surface area contributed by atoms with E-state index in [0.717, 1.165) is 24.2 Å². The molecule has 1 fully saturated rings. The zero-order valence-corrected chi connectivity index (χ0v) is 16.8. The standard InChI is InChI=1S/C20H27N3O3S/c1-14-8-7-11-17(12-14)25-13-18-22-23-20(26-18)27-15(2)19(24)21-16-9-5-3-4-6-10-16/h7-8,11-12,15-16H,3-6,9-10,13H2,1-2H3,(H,21,24)/t15-/m0/s1. The van der Waals surface area contributed by atoms with Crippen molar-refractivity contribution < 1.29 is 13.9 Å². The second kappa shape index (κ2) is 9.78. The van der Waals surface area contributed by atoms with Gasteiger partial charge in [-0.25, -0.2) is 0 Å². The Morgan fingerprint density at radius 2 is 2.07 bits per heavy atom. The predicted molar refractivity (Wildman–Crippen MR) is 105 cm³/mol. The Morgan fingerprint density at radius 1 is 1.30 bits per heavy atom. The van der Waals surface area contributed by atoms with Crippen molar-refractivity contribution in [3.05, 3.63) is 35.7 Å². The summed E-state index contributed by atoms with van der Waals surface area (Å²) in [5, 5.41) is 11.3. The van der Waals surface area contributed by atoms with Crippen LogP contribution in [0.4, 0.5) is 0 Å². The number of thioether (sulfide) groups is 1. The van der Waals surface area contributed by atoms with Gasteiger partial charge in [-0.1, -0.05) is 49.6 Å². The molecule has 1 saturated carbocycles. The SMILES string of the molecule is Cc1cccc(OCc2nnc(S[C@@H](C)C(=O)NC3CCCCCC3)o2)c1. The minimum absolute atomic E-state index is 0.0302. The maximum Gasteiger partial charge on any atom is 0.277 e. The van der Waals surface area contributed by atoms with Crippen molar-refractivity contribution in [1.82, 2.24) is 15.5 Å². The highest BCUT2D eigenvalue weighted by molar-refractivity contribution is 8.00. The molecule has 1 heterocycles. The summed E-state index contributed by atoms with van der Waals surface area (Å²) in [6, 6.07) is 8.08. The van der Waals surface area contributed by atoms with Gasteiger partial charge in [0.2, 0.25) is 5.91 Å². The van der Waals surface area contributed by atoms with E-state index in [2.05, 4.69) is 15.5 Å². The van der Waals surface area contributed by atoms with Crippen molar-refractivity contribution in [1.29, 1.82) is 0 Å². The molecule has 1 aliphatic rings. The number of amides is 1. The molecule has 1 aromatic heterocycles. The third-order valence-corrected chi connectivity index (χ3v) is 5.58. The molecule has 7 heteroatoms. The third kappa shape index (κ3) is 6.27. The number of benzene rings is 1. The number of aryl methyl sites for hydroxylation is 1. The fourth-order valence-corrected chi connectivity index (χ4v) is 3.85. The van der Waals surface area contributed by atoms with Crippen molar-refractivity contribution in [2.75, 3.05) is 0 Å². The molecule has 1 atom stereocenters. The molecular weight excluding hydrogens is 362 g/mol. The van der Waals surface area contributed by atoms with Gasteiger partial charge in [-0.15, -0.1) is 10.2 Å². The molecule has 0 unspecified atom stereocenters. The molecule has 1 amide bonds. The van der Waals surface area contributed by atoms with Gasteiger partial charge in [-0.05, 0) is 44.4 Å². The summed E-state index contributed by atoms with van der Waals surface area (Å²) in [7, 11) is 0. The lowest BCUT2D eigenvalue weighted by atomic mass is 10.1. The number of aromatic nitrogens is 2. The molecule has 0 spiro atoms. The maximum absolute atomic E-state index is 12.4. The van der Waals surface area contributed by atoms with Crippen molar-refractivity contribution in [2.45, 2.75) is 75.5 Å². The van der Waals surface area contributed by atoms with E-state index in [1.54, 1.807) is 0 Å². The first kappa shape index (κ1) is 19.7. The Morgan fingerprint density at radius 3 is 2.81 bits per heavy atom. The highest BCUT2D eigenvalue weighted by atomic mass is 32.2. The van der Waals surface area contributed by atoms with E-state index in [4.69, 9.17) is 9.15 Å². The van der Waals surface area contributed by atoms with E-state index in [1.807, 2.05) is 38.1 Å². The molecule has 146 valence electrons. The van der Waals surface area contributed by atoms with Gasteiger partial charge in [0.25, 0.3) is 11.1 Å². The lowest BCUT2D eigenvalue weighted by molar-refractivity contribution is -0.121. The average Bonchev–Trinajstić information content (AvgIpc) is 2.93. The summed E-state index contributed by atoms with van der Waals surface area (Å²) in [6.45, 7) is 4.08. The maximum atomic E-state index is 12.4. The zero-order valence-electron chi connectivity index (χ0n) is 15.9. The Labute approximate surface area is 164 Å². The molecule has 1 aromatic carbocycles. The van der Waals surface area contributed by atoms with E-state index in [0.29, 0.717) is 17.2 Å². The minimum Gasteiger partial charge on any atom is -0.484 e. The van der Waals surface area contributed by atoms with Crippen molar-refractivity contribution in [3.63, 3.8) is 0 Å². The van der Waals surface area contributed by atoms with Crippen LogP contribution in [-0.4, -0.2) is 27.4 Å². The molecular formula is C20H27N3O3S. The molecule has 0 saturated heterocycles. The fourth-order valence-electron chi connectivity index (χ4n) is 3.14. The summed E-state index contributed by atoms with van der Waals surface area (Å²) >= 11 is 1.28. The van der Waals surface area contributed by atoms with Crippen LogP contribution < -0.4 is 10.1 Å². The molecule has 3 rings (SSSR count). The quantitative estimate of drug-likeness (QED) is 0.563. The van der Waals surface area contributed by atoms with E-state index < -0.39 is 0 Å². The smallest absolute Gasteiger partial charge is 0.277 e. The van der Waals surface area contributed by atoms with Crippen LogP contribution in [0.3, 0.4) is 0 Å². The zero-order chi connectivity index (χ0) is 19.1. The Bertz CT molecular complexity index is 742. The molecule has 0 bridgehead atoms. The Balaban J connectivity index is 1.46. The Hall–Kier alpha value is -2.02. The summed E-state index contributed by atoms with van der Waals surface area (Å²) in [6.07, 6.45) is 7.08. The monoisotopic (exact) mass is 389 g/mol. The highest BCUT2D eigenvalue weighted by Crippen LogP contribution is 2.24. The second-order valence-electron chi connectivity index (χ2n) is 7.02. The predicted octanol–water partition coefficient (Wildman–Crippen LogP) is 4.28. The van der Waals surface area contributed by atoms with E-state index in [-0.39, 0.29) is 17.8 Å². The van der Waals surface area contributed by atoms with Crippen LogP contribution in [0.25, 0.3) is 0 Å². The normalized spacial score (nSPS) is 16.5. The average molecular weight is 390 g/mol. The number of ether oxygens (including phenoxy) is 1. The van der Waals surface area contributed by atoms with Gasteiger partial charge in [0.05, 0.1) is 5.25 Å². The lowest BCUT2D eigenvalue weighted by Crippen LogP contribution is -2.39. The van der Waals surface area contributed by atoms with Crippen LogP contribution in [0.15, 0.2) is 33.9 Å². The molecule has 0 aliphatic heterocycles. The first-order chi connectivity index (χ1) is 13.1. The highest BCUT2D eigenvalue weighted by Gasteiger charge is 2.22. The van der Waals surface area contributed by atoms with Crippen LogP contribution >= 0.6 is 11.8 Å². The van der Waals surface area contributed by atoms with Crippen LogP contribution in [0.2, 0.25) is 0 Å². The van der Waals surface area contributed by atoms with E-state index >= 15 is 0 Å². The summed E-state index contributed by atoms with van der Waals surface area (Å²) in [4.78, 5) is 12.4. The summed E-state index contributed by atoms with van der Waals surface area (Å²) in [5.41, 5.74) is 1.13. The van der Waals surface area contributed by atoms with Crippen molar-refractivity contribution in [3.8, 4) is 5.75 Å². The van der Waals surface area contributed by atoms with E-state index in [1.165, 1.54) is 37.4 Å². The third-order valence-electron chi connectivity index (χ3n) is 4.65. The number of rotatable bonds is 7. The van der Waals surface area contributed by atoms with Crippen molar-refractivity contribution >= 4 is 17.7 Å². The first-order valence-corrected chi connectivity index (χ1v) is 10.5. The van der Waals surface area contributed by atoms with Crippen molar-refractivity contribution in [2.24, 2.45) is 0 Å². The summed E-state index contributed by atoms with van der Waals surface area (Å²) in [5.74, 6) is 1.19. The number of carbonyl (C=O) groups excluding carboxylic acids is 1. The molecule has 6 nitrogen and oxygen atoms in total. The molecule has 27 heavy (non-hydrogen) atoms. The number of carbonyl (C=O) groups is 1. The second-order valence-corrected chi connectivity index (χ2v) is 8.32. The molecule has 1 N–H and O–H groups in total.